The highest BCUT2D eigenvalue weighted by molar-refractivity contribution is 5.84. The number of carbonyl (C=O) groups is 1. The van der Waals surface area contributed by atoms with Crippen molar-refractivity contribution in [1.29, 1.82) is 0 Å². The molecule has 0 saturated carbocycles. The monoisotopic (exact) mass is 129 g/mol. The first-order chi connectivity index (χ1) is 4.22. The second kappa shape index (κ2) is 4.23. The molecule has 3 heteroatoms. The maximum absolute atomic E-state index is 10.6. The quantitative estimate of drug-likeness (QED) is 0.501. The Morgan fingerprint density at radius 1 is 1.89 bits per heavy atom. The van der Waals surface area contributed by atoms with Crippen LogP contribution in [0.1, 0.15) is 6.42 Å². The molecule has 0 unspecified atom stereocenters. The molecule has 0 heterocycles. The molecule has 0 aromatic rings. The van der Waals surface area contributed by atoms with E-state index in [1.54, 1.807) is 0 Å². The van der Waals surface area contributed by atoms with E-state index < -0.39 is 6.04 Å². The fourth-order valence-electron chi connectivity index (χ4n) is 0.395. The summed E-state index contributed by atoms with van der Waals surface area (Å²) in [4.78, 5) is 10.6. The third-order valence-electron chi connectivity index (χ3n) is 0.956. The highest BCUT2D eigenvalue weighted by Crippen LogP contribution is 1.87. The first-order valence-electron chi connectivity index (χ1n) is 2.72. The van der Waals surface area contributed by atoms with Gasteiger partial charge in [0.2, 0.25) is 0 Å². The maximum atomic E-state index is 10.6. The van der Waals surface area contributed by atoms with Gasteiger partial charge in [-0.15, -0.1) is 6.58 Å². The predicted molar refractivity (Wildman–Crippen MR) is 34.9 cm³/mol. The van der Waals surface area contributed by atoms with Crippen LogP contribution in [0.4, 0.5) is 0 Å². The average molecular weight is 129 g/mol. The van der Waals surface area contributed by atoms with Crippen LogP contribution in [-0.2, 0) is 4.79 Å². The van der Waals surface area contributed by atoms with Gasteiger partial charge in [0.05, 0.1) is 12.6 Å². The highest BCUT2D eigenvalue weighted by atomic mass is 16.3. The molecule has 3 N–H and O–H groups in total. The number of carbonyl (C=O) groups excluding carboxylic acids is 1. The van der Waals surface area contributed by atoms with Crippen LogP contribution < -0.4 is 5.73 Å². The van der Waals surface area contributed by atoms with E-state index in [0.717, 1.165) is 0 Å². The zero-order valence-corrected chi connectivity index (χ0v) is 5.21. The Balaban J connectivity index is 3.58. The summed E-state index contributed by atoms with van der Waals surface area (Å²) in [6.07, 6.45) is 1.71. The Kier molecular flexibility index (Phi) is 3.92. The number of rotatable bonds is 4. The fraction of sp³-hybridized carbons (Fsp3) is 0.500. The average Bonchev–Trinajstić information content (AvgIpc) is 1.87. The smallest absolute Gasteiger partial charge is 0.155 e. The van der Waals surface area contributed by atoms with E-state index in [2.05, 4.69) is 6.58 Å². The lowest BCUT2D eigenvalue weighted by Crippen LogP contribution is -2.33. The molecule has 0 fully saturated rings. The molecule has 0 rings (SSSR count). The third-order valence-corrected chi connectivity index (χ3v) is 0.956. The molecular weight excluding hydrogens is 118 g/mol. The van der Waals surface area contributed by atoms with Crippen molar-refractivity contribution in [3.63, 3.8) is 0 Å². The molecule has 0 aliphatic carbocycles. The lowest BCUT2D eigenvalue weighted by Gasteiger charge is -2.02. The minimum absolute atomic E-state index is 0.174. The number of allylic oxidation sites excluding steroid dienone is 1. The summed E-state index contributed by atoms with van der Waals surface area (Å²) in [5.74, 6) is -0.174. The topological polar surface area (TPSA) is 63.3 Å². The van der Waals surface area contributed by atoms with Gasteiger partial charge in [-0.2, -0.15) is 0 Å². The van der Waals surface area contributed by atoms with Gasteiger partial charge in [-0.25, -0.2) is 0 Å². The predicted octanol–water partition coefficient (Wildman–Crippen LogP) is -0.549. The van der Waals surface area contributed by atoms with Gasteiger partial charge < -0.3 is 10.8 Å². The molecule has 0 aliphatic heterocycles. The standard InChI is InChI=1S/C6H11NO2/c1-2-3-6(9)5(7)4-8/h2,5,8H,1,3-4,7H2/t5-/m0/s1. The van der Waals surface area contributed by atoms with Crippen LogP contribution in [0.5, 0.6) is 0 Å². The molecular formula is C6H11NO2. The first-order valence-corrected chi connectivity index (χ1v) is 2.72. The third kappa shape index (κ3) is 3.00. The maximum Gasteiger partial charge on any atom is 0.155 e. The van der Waals surface area contributed by atoms with Gasteiger partial charge in [0.15, 0.2) is 5.78 Å². The molecule has 0 aromatic heterocycles. The number of hydrogen-bond donors (Lipinski definition) is 2. The molecule has 9 heavy (non-hydrogen) atoms. The van der Waals surface area contributed by atoms with E-state index in [4.69, 9.17) is 10.8 Å². The zero-order chi connectivity index (χ0) is 7.28. The molecule has 0 spiro atoms. The van der Waals surface area contributed by atoms with Crippen molar-refractivity contribution >= 4 is 5.78 Å². The molecule has 0 aromatic carbocycles. The molecule has 1 atom stereocenters. The lowest BCUT2D eigenvalue weighted by atomic mass is 10.1. The SMILES string of the molecule is C=CCC(=O)[C@@H](N)CO. The summed E-state index contributed by atoms with van der Waals surface area (Å²) < 4.78 is 0. The van der Waals surface area contributed by atoms with E-state index in [1.165, 1.54) is 6.08 Å². The number of aliphatic hydroxyl groups excluding tert-OH is 1. The van der Waals surface area contributed by atoms with Crippen LogP contribution in [0.25, 0.3) is 0 Å². The molecule has 3 nitrogen and oxygen atoms in total. The summed E-state index contributed by atoms with van der Waals surface area (Å²) in [6, 6.07) is -0.733. The second-order valence-corrected chi connectivity index (χ2v) is 1.75. The summed E-state index contributed by atoms with van der Waals surface area (Å²) in [6.45, 7) is 3.07. The first kappa shape index (κ1) is 8.33. The summed E-state index contributed by atoms with van der Waals surface area (Å²) in [5.41, 5.74) is 5.16. The molecule has 0 aliphatic rings. The minimum Gasteiger partial charge on any atom is -0.394 e. The summed E-state index contributed by atoms with van der Waals surface area (Å²) in [7, 11) is 0. The van der Waals surface area contributed by atoms with Crippen LogP contribution >= 0.6 is 0 Å². The Bertz CT molecular complexity index is 112. The van der Waals surface area contributed by atoms with Gasteiger partial charge in [-0.05, 0) is 0 Å². The highest BCUT2D eigenvalue weighted by Gasteiger charge is 2.08. The number of aliphatic hydroxyl groups is 1. The van der Waals surface area contributed by atoms with Gasteiger partial charge in [0, 0.05) is 6.42 Å². The zero-order valence-electron chi connectivity index (χ0n) is 5.21. The summed E-state index contributed by atoms with van der Waals surface area (Å²) >= 11 is 0. The van der Waals surface area contributed by atoms with Gasteiger partial charge in [0.25, 0.3) is 0 Å². The molecule has 0 bridgehead atoms. The Labute approximate surface area is 54.2 Å². The number of nitrogens with two attached hydrogens (primary N) is 1. The van der Waals surface area contributed by atoms with Crippen molar-refractivity contribution < 1.29 is 9.90 Å². The van der Waals surface area contributed by atoms with E-state index in [-0.39, 0.29) is 18.8 Å². The van der Waals surface area contributed by atoms with Gasteiger partial charge in [-0.1, -0.05) is 6.08 Å². The van der Waals surface area contributed by atoms with Crippen molar-refractivity contribution in [2.24, 2.45) is 5.73 Å². The van der Waals surface area contributed by atoms with E-state index >= 15 is 0 Å². The van der Waals surface area contributed by atoms with Crippen molar-refractivity contribution in [2.75, 3.05) is 6.61 Å². The van der Waals surface area contributed by atoms with Crippen molar-refractivity contribution in [3.05, 3.63) is 12.7 Å². The van der Waals surface area contributed by atoms with Gasteiger partial charge in [0.1, 0.15) is 0 Å². The van der Waals surface area contributed by atoms with E-state index in [1.807, 2.05) is 0 Å². The second-order valence-electron chi connectivity index (χ2n) is 1.75. The number of hydrogen-bond acceptors (Lipinski definition) is 3. The van der Waals surface area contributed by atoms with Crippen LogP contribution in [0.2, 0.25) is 0 Å². The Morgan fingerprint density at radius 3 is 2.78 bits per heavy atom. The fourth-order valence-corrected chi connectivity index (χ4v) is 0.395. The lowest BCUT2D eigenvalue weighted by molar-refractivity contribution is -0.120. The van der Waals surface area contributed by atoms with E-state index in [9.17, 15) is 4.79 Å². The molecule has 0 amide bonds. The molecule has 52 valence electrons. The van der Waals surface area contributed by atoms with Gasteiger partial charge >= 0.3 is 0 Å². The van der Waals surface area contributed by atoms with E-state index in [0.29, 0.717) is 0 Å². The van der Waals surface area contributed by atoms with Crippen LogP contribution in [0, 0.1) is 0 Å². The van der Waals surface area contributed by atoms with Crippen LogP contribution in [0.15, 0.2) is 12.7 Å². The normalized spacial score (nSPS) is 12.7. The van der Waals surface area contributed by atoms with Crippen molar-refractivity contribution in [2.45, 2.75) is 12.5 Å². The molecule has 0 saturated heterocycles. The minimum atomic E-state index is -0.733. The van der Waals surface area contributed by atoms with Crippen molar-refractivity contribution in [1.82, 2.24) is 0 Å². The number of Topliss-reactive ketones (excluding diaryl/α,β-unsaturated/α-hetero) is 1. The Hall–Kier alpha value is -0.670. The molecule has 0 radical (unpaired) electrons. The van der Waals surface area contributed by atoms with Crippen LogP contribution in [0.3, 0.4) is 0 Å². The van der Waals surface area contributed by atoms with Crippen molar-refractivity contribution in [3.8, 4) is 0 Å². The van der Waals surface area contributed by atoms with Gasteiger partial charge in [-0.3, -0.25) is 4.79 Å². The summed E-state index contributed by atoms with van der Waals surface area (Å²) in [5, 5.41) is 8.35. The largest absolute Gasteiger partial charge is 0.394 e. The number of ketones is 1. The van der Waals surface area contributed by atoms with Crippen LogP contribution in [-0.4, -0.2) is 23.5 Å². The Morgan fingerprint density at radius 2 is 2.44 bits per heavy atom.